The minimum atomic E-state index is -0.253. The van der Waals surface area contributed by atoms with Gasteiger partial charge in [0.15, 0.2) is 0 Å². The van der Waals surface area contributed by atoms with Crippen LogP contribution in [0.5, 0.6) is 0 Å². The van der Waals surface area contributed by atoms with E-state index in [0.717, 1.165) is 10.0 Å². The lowest BCUT2D eigenvalue weighted by Crippen LogP contribution is -1.95. The Bertz CT molecular complexity index is 371. The summed E-state index contributed by atoms with van der Waals surface area (Å²) in [5.41, 5.74) is 1.59. The van der Waals surface area contributed by atoms with Crippen LogP contribution in [0.1, 0.15) is 17.5 Å². The predicted molar refractivity (Wildman–Crippen MR) is 60.7 cm³/mol. The number of hydrogen-bond donors (Lipinski definition) is 0. The van der Waals surface area contributed by atoms with Crippen LogP contribution in [0, 0.1) is 17.1 Å². The SMILES string of the molecule is N#CCCc1c(F)ccc(CBr)c1Br. The van der Waals surface area contributed by atoms with Gasteiger partial charge < -0.3 is 0 Å². The molecule has 0 aliphatic carbocycles. The van der Waals surface area contributed by atoms with Crippen molar-refractivity contribution in [2.45, 2.75) is 18.2 Å². The number of rotatable bonds is 3. The second kappa shape index (κ2) is 5.47. The number of nitriles is 1. The molecule has 1 aromatic rings. The number of alkyl halides is 1. The van der Waals surface area contributed by atoms with Gasteiger partial charge in [0.05, 0.1) is 6.07 Å². The Morgan fingerprint density at radius 3 is 2.71 bits per heavy atom. The highest BCUT2D eigenvalue weighted by atomic mass is 79.9. The van der Waals surface area contributed by atoms with Gasteiger partial charge in [0.25, 0.3) is 0 Å². The summed E-state index contributed by atoms with van der Waals surface area (Å²) in [5.74, 6) is -0.253. The van der Waals surface area contributed by atoms with Crippen molar-refractivity contribution in [3.05, 3.63) is 33.5 Å². The Hall–Kier alpha value is -0.400. The smallest absolute Gasteiger partial charge is 0.127 e. The van der Waals surface area contributed by atoms with Gasteiger partial charge in [-0.2, -0.15) is 5.26 Å². The fourth-order valence-corrected chi connectivity index (χ4v) is 2.66. The van der Waals surface area contributed by atoms with Gasteiger partial charge in [-0.15, -0.1) is 0 Å². The number of hydrogen-bond acceptors (Lipinski definition) is 1. The van der Waals surface area contributed by atoms with Crippen molar-refractivity contribution in [3.63, 3.8) is 0 Å². The molecule has 1 nitrogen and oxygen atoms in total. The molecule has 0 fully saturated rings. The van der Waals surface area contributed by atoms with E-state index in [1.165, 1.54) is 6.07 Å². The summed E-state index contributed by atoms with van der Waals surface area (Å²) in [6.45, 7) is 0. The molecule has 0 saturated heterocycles. The molecule has 74 valence electrons. The summed E-state index contributed by atoms with van der Waals surface area (Å²) in [5, 5.41) is 9.11. The molecular formula is C10H8Br2FN. The van der Waals surface area contributed by atoms with Crippen LogP contribution in [0.3, 0.4) is 0 Å². The lowest BCUT2D eigenvalue weighted by molar-refractivity contribution is 0.607. The summed E-state index contributed by atoms with van der Waals surface area (Å²) in [4.78, 5) is 0. The van der Waals surface area contributed by atoms with E-state index < -0.39 is 0 Å². The fraction of sp³-hybridized carbons (Fsp3) is 0.300. The van der Waals surface area contributed by atoms with Crippen molar-refractivity contribution in [1.82, 2.24) is 0 Å². The lowest BCUT2D eigenvalue weighted by atomic mass is 10.1. The van der Waals surface area contributed by atoms with E-state index in [4.69, 9.17) is 5.26 Å². The van der Waals surface area contributed by atoms with Crippen LogP contribution in [0.15, 0.2) is 16.6 Å². The number of halogens is 3. The van der Waals surface area contributed by atoms with Crippen molar-refractivity contribution in [1.29, 1.82) is 5.26 Å². The monoisotopic (exact) mass is 319 g/mol. The zero-order chi connectivity index (χ0) is 10.6. The predicted octanol–water partition coefficient (Wildman–Crippen LogP) is 3.94. The molecule has 14 heavy (non-hydrogen) atoms. The Labute approximate surface area is 99.2 Å². The normalized spacial score (nSPS) is 9.86. The first-order chi connectivity index (χ1) is 6.70. The standard InChI is InChI=1S/C10H8Br2FN/c11-6-7-3-4-9(13)8(10(7)12)2-1-5-14/h3-4H,1-2,6H2. The average Bonchev–Trinajstić information content (AvgIpc) is 2.18. The average molecular weight is 321 g/mol. The quantitative estimate of drug-likeness (QED) is 0.774. The second-order valence-electron chi connectivity index (χ2n) is 2.79. The molecule has 0 spiro atoms. The van der Waals surface area contributed by atoms with Gasteiger partial charge in [0, 0.05) is 21.8 Å². The zero-order valence-electron chi connectivity index (χ0n) is 7.36. The highest BCUT2D eigenvalue weighted by Gasteiger charge is 2.10. The van der Waals surface area contributed by atoms with Gasteiger partial charge in [-0.3, -0.25) is 0 Å². The summed E-state index contributed by atoms with van der Waals surface area (Å²) >= 11 is 6.66. The first-order valence-corrected chi connectivity index (χ1v) is 6.00. The second-order valence-corrected chi connectivity index (χ2v) is 4.14. The van der Waals surface area contributed by atoms with Crippen molar-refractivity contribution in [2.75, 3.05) is 0 Å². The molecule has 0 N–H and O–H groups in total. The molecule has 4 heteroatoms. The molecule has 0 unspecified atom stereocenters. The molecule has 0 aliphatic rings. The van der Waals surface area contributed by atoms with Gasteiger partial charge in [-0.05, 0) is 18.1 Å². The molecule has 0 bridgehead atoms. The summed E-state index contributed by atoms with van der Waals surface area (Å²) in [6.07, 6.45) is 0.783. The van der Waals surface area contributed by atoms with Crippen LogP contribution in [0.2, 0.25) is 0 Å². The Morgan fingerprint density at radius 2 is 2.14 bits per heavy atom. The molecule has 0 aromatic heterocycles. The highest BCUT2D eigenvalue weighted by molar-refractivity contribution is 9.10. The highest BCUT2D eigenvalue weighted by Crippen LogP contribution is 2.27. The number of nitrogens with zero attached hydrogens (tertiary/aromatic N) is 1. The maximum atomic E-state index is 13.3. The lowest BCUT2D eigenvalue weighted by Gasteiger charge is -2.07. The maximum absolute atomic E-state index is 13.3. The Kier molecular flexibility index (Phi) is 4.56. The van der Waals surface area contributed by atoms with E-state index in [1.54, 1.807) is 6.07 Å². The first kappa shape index (κ1) is 11.7. The molecule has 0 heterocycles. The third-order valence-electron chi connectivity index (χ3n) is 1.90. The molecule has 1 rings (SSSR count). The van der Waals surface area contributed by atoms with E-state index in [9.17, 15) is 4.39 Å². The molecule has 1 aromatic carbocycles. The largest absolute Gasteiger partial charge is 0.207 e. The molecule has 0 amide bonds. The summed E-state index contributed by atoms with van der Waals surface area (Å²) < 4.78 is 14.1. The summed E-state index contributed by atoms with van der Waals surface area (Å²) in [6, 6.07) is 5.17. The van der Waals surface area contributed by atoms with Crippen LogP contribution < -0.4 is 0 Å². The molecule has 0 saturated carbocycles. The van der Waals surface area contributed by atoms with Crippen LogP contribution in [0.4, 0.5) is 4.39 Å². The van der Waals surface area contributed by atoms with Crippen LogP contribution >= 0.6 is 31.9 Å². The molecule has 0 atom stereocenters. The van der Waals surface area contributed by atoms with Crippen molar-refractivity contribution >= 4 is 31.9 Å². The number of benzene rings is 1. The van der Waals surface area contributed by atoms with Crippen LogP contribution in [-0.2, 0) is 11.8 Å². The van der Waals surface area contributed by atoms with Gasteiger partial charge in [0.1, 0.15) is 5.82 Å². The third kappa shape index (κ3) is 2.55. The first-order valence-electron chi connectivity index (χ1n) is 4.09. The van der Waals surface area contributed by atoms with E-state index in [-0.39, 0.29) is 5.82 Å². The molecular weight excluding hydrogens is 313 g/mol. The van der Waals surface area contributed by atoms with E-state index in [1.807, 2.05) is 6.07 Å². The van der Waals surface area contributed by atoms with Crippen LogP contribution in [-0.4, -0.2) is 0 Å². The van der Waals surface area contributed by atoms with Crippen molar-refractivity contribution in [3.8, 4) is 6.07 Å². The van der Waals surface area contributed by atoms with E-state index in [2.05, 4.69) is 31.9 Å². The Morgan fingerprint density at radius 1 is 1.43 bits per heavy atom. The van der Waals surface area contributed by atoms with E-state index >= 15 is 0 Å². The van der Waals surface area contributed by atoms with Gasteiger partial charge in [-0.1, -0.05) is 37.9 Å². The Balaban J connectivity index is 3.06. The zero-order valence-corrected chi connectivity index (χ0v) is 10.5. The van der Waals surface area contributed by atoms with Crippen LogP contribution in [0.25, 0.3) is 0 Å². The summed E-state index contributed by atoms with van der Waals surface area (Å²) in [7, 11) is 0. The topological polar surface area (TPSA) is 23.8 Å². The van der Waals surface area contributed by atoms with Gasteiger partial charge >= 0.3 is 0 Å². The molecule has 0 aliphatic heterocycles. The third-order valence-corrected chi connectivity index (χ3v) is 3.49. The van der Waals surface area contributed by atoms with Gasteiger partial charge in [-0.25, -0.2) is 4.39 Å². The van der Waals surface area contributed by atoms with Crippen molar-refractivity contribution in [2.24, 2.45) is 0 Å². The van der Waals surface area contributed by atoms with E-state index in [0.29, 0.717) is 23.7 Å². The van der Waals surface area contributed by atoms with Crippen molar-refractivity contribution < 1.29 is 4.39 Å². The minimum Gasteiger partial charge on any atom is -0.207 e. The minimum absolute atomic E-state index is 0.253. The van der Waals surface area contributed by atoms with Gasteiger partial charge in [0.2, 0.25) is 0 Å². The maximum Gasteiger partial charge on any atom is 0.127 e. The molecule has 0 radical (unpaired) electrons. The fourth-order valence-electron chi connectivity index (χ4n) is 1.16.